The number of aromatic nitrogens is 1. The fourth-order valence-corrected chi connectivity index (χ4v) is 1.96. The summed E-state index contributed by atoms with van der Waals surface area (Å²) in [5.41, 5.74) is 4.98. The monoisotopic (exact) mass is 254 g/mol. The number of Topliss-reactive ketones (excluding diaryl/α,β-unsaturated/α-hetero) is 1. The first-order valence-electron chi connectivity index (χ1n) is 6.27. The van der Waals surface area contributed by atoms with Gasteiger partial charge in [-0.2, -0.15) is 0 Å². The Hall–Kier alpha value is -2.16. The summed E-state index contributed by atoms with van der Waals surface area (Å²) in [6, 6.07) is 9.47. The average Bonchev–Trinajstić information content (AvgIpc) is 2.64. The molecule has 0 atom stereocenters. The highest BCUT2D eigenvalue weighted by molar-refractivity contribution is 5.95. The summed E-state index contributed by atoms with van der Waals surface area (Å²) in [5.74, 6) is 0.0591. The van der Waals surface area contributed by atoms with Gasteiger partial charge >= 0.3 is 0 Å². The van der Waals surface area contributed by atoms with E-state index in [2.05, 4.69) is 29.5 Å². The zero-order valence-corrected chi connectivity index (χ0v) is 11.8. The van der Waals surface area contributed by atoms with Crippen LogP contribution in [0, 0.1) is 13.8 Å². The molecule has 98 valence electrons. The average molecular weight is 254 g/mol. The minimum Gasteiger partial charge on any atom is -0.352 e. The molecular weight excluding hydrogens is 236 g/mol. The molecule has 1 heterocycles. The van der Waals surface area contributed by atoms with Gasteiger partial charge in [-0.3, -0.25) is 9.79 Å². The molecule has 0 unspecified atom stereocenters. The Bertz CT molecular complexity index is 651. The van der Waals surface area contributed by atoms with Crippen molar-refractivity contribution in [2.45, 2.75) is 20.8 Å². The van der Waals surface area contributed by atoms with E-state index in [1.165, 1.54) is 11.4 Å². The van der Waals surface area contributed by atoms with Crippen LogP contribution in [0.1, 0.15) is 34.2 Å². The van der Waals surface area contributed by atoms with Crippen LogP contribution in [-0.4, -0.2) is 16.6 Å². The van der Waals surface area contributed by atoms with Crippen LogP contribution >= 0.6 is 0 Å². The van der Waals surface area contributed by atoms with E-state index in [4.69, 9.17) is 0 Å². The molecule has 0 aliphatic carbocycles. The molecule has 0 aliphatic rings. The molecule has 1 aromatic carbocycles. The standard InChI is InChI=1S/C16H18N2O/c1-11-8-15(12(2)18(11)4)10-17-16-7-5-6-14(9-16)13(3)19/h5-10H,1-4H3. The van der Waals surface area contributed by atoms with E-state index in [0.717, 1.165) is 11.3 Å². The van der Waals surface area contributed by atoms with Crippen LogP contribution in [0.5, 0.6) is 0 Å². The molecular formula is C16H18N2O. The molecule has 0 radical (unpaired) electrons. The second-order valence-electron chi connectivity index (χ2n) is 4.75. The van der Waals surface area contributed by atoms with Crippen LogP contribution in [0.2, 0.25) is 0 Å². The van der Waals surface area contributed by atoms with Crippen LogP contribution < -0.4 is 0 Å². The van der Waals surface area contributed by atoms with Gasteiger partial charge in [0.25, 0.3) is 0 Å². The van der Waals surface area contributed by atoms with Crippen molar-refractivity contribution < 1.29 is 4.79 Å². The summed E-state index contributed by atoms with van der Waals surface area (Å²) in [7, 11) is 2.04. The predicted octanol–water partition coefficient (Wildman–Crippen LogP) is 3.60. The van der Waals surface area contributed by atoms with Crippen LogP contribution in [0.25, 0.3) is 0 Å². The van der Waals surface area contributed by atoms with Crippen LogP contribution in [0.15, 0.2) is 35.3 Å². The number of benzene rings is 1. The molecule has 0 saturated heterocycles. The van der Waals surface area contributed by atoms with Gasteiger partial charge < -0.3 is 4.57 Å². The number of nitrogens with zero attached hydrogens (tertiary/aromatic N) is 2. The smallest absolute Gasteiger partial charge is 0.159 e. The maximum Gasteiger partial charge on any atom is 0.159 e. The molecule has 3 nitrogen and oxygen atoms in total. The van der Waals surface area contributed by atoms with E-state index in [9.17, 15) is 4.79 Å². The van der Waals surface area contributed by atoms with E-state index >= 15 is 0 Å². The van der Waals surface area contributed by atoms with Gasteiger partial charge in [0.2, 0.25) is 0 Å². The summed E-state index contributed by atoms with van der Waals surface area (Å²) in [6.45, 7) is 5.70. The highest BCUT2D eigenvalue weighted by atomic mass is 16.1. The molecule has 0 fully saturated rings. The molecule has 0 spiro atoms. The SMILES string of the molecule is CC(=O)c1cccc(N=Cc2cc(C)n(C)c2C)c1. The normalized spacial score (nSPS) is 11.2. The molecule has 3 heteroatoms. The largest absolute Gasteiger partial charge is 0.352 e. The van der Waals surface area contributed by atoms with Crippen molar-refractivity contribution in [3.63, 3.8) is 0 Å². The Labute approximate surface area is 113 Å². The quantitative estimate of drug-likeness (QED) is 0.608. The highest BCUT2D eigenvalue weighted by Crippen LogP contribution is 2.16. The maximum atomic E-state index is 11.3. The molecule has 0 saturated carbocycles. The molecule has 0 aliphatic heterocycles. The molecule has 19 heavy (non-hydrogen) atoms. The second kappa shape index (κ2) is 5.22. The van der Waals surface area contributed by atoms with E-state index in [-0.39, 0.29) is 5.78 Å². The Morgan fingerprint density at radius 1 is 1.26 bits per heavy atom. The third-order valence-electron chi connectivity index (χ3n) is 3.42. The van der Waals surface area contributed by atoms with Crippen molar-refractivity contribution >= 4 is 17.7 Å². The summed E-state index contributed by atoms with van der Waals surface area (Å²) in [4.78, 5) is 15.8. The van der Waals surface area contributed by atoms with E-state index in [1.54, 1.807) is 13.0 Å². The lowest BCUT2D eigenvalue weighted by molar-refractivity contribution is 0.101. The van der Waals surface area contributed by atoms with Crippen LogP contribution in [0.3, 0.4) is 0 Å². The Morgan fingerprint density at radius 3 is 2.58 bits per heavy atom. The first-order chi connectivity index (χ1) is 8.99. The zero-order valence-electron chi connectivity index (χ0n) is 11.8. The van der Waals surface area contributed by atoms with Gasteiger partial charge in [0.15, 0.2) is 5.78 Å². The van der Waals surface area contributed by atoms with Gasteiger partial charge in [0, 0.05) is 35.8 Å². The van der Waals surface area contributed by atoms with Gasteiger partial charge in [0.1, 0.15) is 0 Å². The second-order valence-corrected chi connectivity index (χ2v) is 4.75. The molecule has 0 bridgehead atoms. The summed E-state index contributed by atoms with van der Waals surface area (Å²) >= 11 is 0. The summed E-state index contributed by atoms with van der Waals surface area (Å²) < 4.78 is 2.13. The number of hydrogen-bond acceptors (Lipinski definition) is 2. The highest BCUT2D eigenvalue weighted by Gasteiger charge is 2.03. The molecule has 1 aromatic heterocycles. The molecule has 0 N–H and O–H groups in total. The Kier molecular flexibility index (Phi) is 3.65. The fourth-order valence-electron chi connectivity index (χ4n) is 1.96. The van der Waals surface area contributed by atoms with Crippen molar-refractivity contribution in [2.24, 2.45) is 12.0 Å². The number of carbonyl (C=O) groups is 1. The minimum atomic E-state index is 0.0591. The first-order valence-corrected chi connectivity index (χ1v) is 6.27. The maximum absolute atomic E-state index is 11.3. The number of aryl methyl sites for hydroxylation is 1. The lowest BCUT2D eigenvalue weighted by atomic mass is 10.1. The summed E-state index contributed by atoms with van der Waals surface area (Å²) in [6.07, 6.45) is 1.85. The Morgan fingerprint density at radius 2 is 2.00 bits per heavy atom. The van der Waals surface area contributed by atoms with Gasteiger partial charge in [-0.05, 0) is 39.0 Å². The Balaban J connectivity index is 2.30. The molecule has 0 amide bonds. The zero-order chi connectivity index (χ0) is 14.0. The molecule has 2 rings (SSSR count). The third kappa shape index (κ3) is 2.81. The first kappa shape index (κ1) is 13.3. The van der Waals surface area contributed by atoms with Gasteiger partial charge in [-0.15, -0.1) is 0 Å². The van der Waals surface area contributed by atoms with E-state index < -0.39 is 0 Å². The molecule has 2 aromatic rings. The minimum absolute atomic E-state index is 0.0591. The van der Waals surface area contributed by atoms with E-state index in [1.807, 2.05) is 31.5 Å². The van der Waals surface area contributed by atoms with Crippen LogP contribution in [-0.2, 0) is 7.05 Å². The van der Waals surface area contributed by atoms with Crippen molar-refractivity contribution in [2.75, 3.05) is 0 Å². The van der Waals surface area contributed by atoms with Gasteiger partial charge in [0.05, 0.1) is 5.69 Å². The number of hydrogen-bond donors (Lipinski definition) is 0. The lowest BCUT2D eigenvalue weighted by Crippen LogP contribution is -1.93. The lowest BCUT2D eigenvalue weighted by Gasteiger charge is -1.99. The van der Waals surface area contributed by atoms with Gasteiger partial charge in [-0.1, -0.05) is 12.1 Å². The van der Waals surface area contributed by atoms with Crippen molar-refractivity contribution in [3.8, 4) is 0 Å². The number of aliphatic imine (C=N–C) groups is 1. The van der Waals surface area contributed by atoms with E-state index in [0.29, 0.717) is 5.56 Å². The van der Waals surface area contributed by atoms with Crippen molar-refractivity contribution in [1.29, 1.82) is 0 Å². The van der Waals surface area contributed by atoms with Gasteiger partial charge in [-0.25, -0.2) is 0 Å². The number of carbonyl (C=O) groups excluding carboxylic acids is 1. The number of ketones is 1. The van der Waals surface area contributed by atoms with Crippen LogP contribution in [0.4, 0.5) is 5.69 Å². The van der Waals surface area contributed by atoms with Crippen molar-refractivity contribution in [3.05, 3.63) is 52.8 Å². The third-order valence-corrected chi connectivity index (χ3v) is 3.42. The van der Waals surface area contributed by atoms with Crippen molar-refractivity contribution in [1.82, 2.24) is 4.57 Å². The fraction of sp³-hybridized carbons (Fsp3) is 0.250. The predicted molar refractivity (Wildman–Crippen MR) is 78.6 cm³/mol. The summed E-state index contributed by atoms with van der Waals surface area (Å²) in [5, 5.41) is 0. The topological polar surface area (TPSA) is 34.4 Å². The number of rotatable bonds is 3.